The Morgan fingerprint density at radius 2 is 1.85 bits per heavy atom. The molecular weight excluding hydrogens is 248 g/mol. The van der Waals surface area contributed by atoms with Crippen molar-refractivity contribution in [3.8, 4) is 0 Å². The molecule has 0 rings (SSSR count). The third-order valence-electron chi connectivity index (χ3n) is 3.93. The summed E-state index contributed by atoms with van der Waals surface area (Å²) in [4.78, 5) is 11.0. The second-order valence-electron chi connectivity index (χ2n) is 5.77. The first kappa shape index (κ1) is 18.9. The molecule has 0 saturated carbocycles. The van der Waals surface area contributed by atoms with Crippen LogP contribution in [0.2, 0.25) is 0 Å². The Kier molecular flexibility index (Phi) is 11.1. The highest BCUT2D eigenvalue weighted by molar-refractivity contribution is 5.83. The fourth-order valence-electron chi connectivity index (χ4n) is 2.35. The summed E-state index contributed by atoms with van der Waals surface area (Å²) in [5, 5.41) is 0. The van der Waals surface area contributed by atoms with E-state index in [-0.39, 0.29) is 5.97 Å². The molecule has 0 radical (unpaired) electrons. The van der Waals surface area contributed by atoms with Crippen LogP contribution < -0.4 is 0 Å². The fraction of sp³-hybridized carbons (Fsp3) is 0.722. The molecule has 2 heteroatoms. The number of carbonyl (C=O) groups is 1. The van der Waals surface area contributed by atoms with Crippen molar-refractivity contribution in [2.24, 2.45) is 11.8 Å². The largest absolute Gasteiger partial charge is 0.466 e. The Labute approximate surface area is 125 Å². The van der Waals surface area contributed by atoms with Gasteiger partial charge < -0.3 is 4.74 Å². The summed E-state index contributed by atoms with van der Waals surface area (Å²) >= 11 is 0. The number of hydrogen-bond acceptors (Lipinski definition) is 2. The standard InChI is InChI=1S/C18H32O2/c1-6-17(7-2)13-9-11-15(3)10-8-12-16(4)14-18(19)20-5/h8,12,14-15,17H,6-7,9-11,13H2,1-5H3/b12-8+,16-14+. The monoisotopic (exact) mass is 280 g/mol. The van der Waals surface area contributed by atoms with Gasteiger partial charge in [0.15, 0.2) is 0 Å². The fourth-order valence-corrected chi connectivity index (χ4v) is 2.35. The van der Waals surface area contributed by atoms with Crippen LogP contribution in [0.1, 0.15) is 66.2 Å². The maximum absolute atomic E-state index is 11.0. The Bertz CT molecular complexity index is 311. The molecular formula is C18H32O2. The molecule has 0 aliphatic rings. The van der Waals surface area contributed by atoms with Crippen LogP contribution in [0.3, 0.4) is 0 Å². The molecule has 0 aromatic carbocycles. The van der Waals surface area contributed by atoms with Gasteiger partial charge in [-0.05, 0) is 30.8 Å². The SMILES string of the molecule is CCC(CC)CCCC(C)C/C=C/C(C)=C/C(=O)OC. The first-order chi connectivity index (χ1) is 9.53. The van der Waals surface area contributed by atoms with Crippen LogP contribution in [0, 0.1) is 11.8 Å². The quantitative estimate of drug-likeness (QED) is 0.308. The van der Waals surface area contributed by atoms with Crippen LogP contribution in [-0.4, -0.2) is 13.1 Å². The van der Waals surface area contributed by atoms with Crippen molar-refractivity contribution in [1.29, 1.82) is 0 Å². The second-order valence-corrected chi connectivity index (χ2v) is 5.77. The Morgan fingerprint density at radius 3 is 2.40 bits per heavy atom. The molecule has 0 N–H and O–H groups in total. The minimum atomic E-state index is -0.287. The predicted molar refractivity (Wildman–Crippen MR) is 86.6 cm³/mol. The molecule has 0 spiro atoms. The summed E-state index contributed by atoms with van der Waals surface area (Å²) in [5.41, 5.74) is 0.945. The molecule has 0 amide bonds. The number of rotatable bonds is 10. The third kappa shape index (κ3) is 9.82. The van der Waals surface area contributed by atoms with Crippen LogP contribution in [0.25, 0.3) is 0 Å². The zero-order valence-corrected chi connectivity index (χ0v) is 13.9. The summed E-state index contributed by atoms with van der Waals surface area (Å²) in [6.07, 6.45) is 13.4. The first-order valence-electron chi connectivity index (χ1n) is 7.96. The Hall–Kier alpha value is -1.05. The van der Waals surface area contributed by atoms with Crippen molar-refractivity contribution >= 4 is 5.97 Å². The lowest BCUT2D eigenvalue weighted by Gasteiger charge is -2.13. The summed E-state index contributed by atoms with van der Waals surface area (Å²) in [6.45, 7) is 8.80. The molecule has 0 fully saturated rings. The van der Waals surface area contributed by atoms with E-state index in [1.165, 1.54) is 45.3 Å². The maximum Gasteiger partial charge on any atom is 0.330 e. The summed E-state index contributed by atoms with van der Waals surface area (Å²) < 4.78 is 4.60. The van der Waals surface area contributed by atoms with Crippen molar-refractivity contribution < 1.29 is 9.53 Å². The molecule has 0 saturated heterocycles. The van der Waals surface area contributed by atoms with Gasteiger partial charge in [-0.3, -0.25) is 0 Å². The van der Waals surface area contributed by atoms with Crippen molar-refractivity contribution in [2.75, 3.05) is 7.11 Å². The van der Waals surface area contributed by atoms with Crippen molar-refractivity contribution in [2.45, 2.75) is 66.2 Å². The van der Waals surface area contributed by atoms with Gasteiger partial charge in [0.1, 0.15) is 0 Å². The van der Waals surface area contributed by atoms with E-state index in [4.69, 9.17) is 0 Å². The summed E-state index contributed by atoms with van der Waals surface area (Å²) in [5.74, 6) is 1.33. The maximum atomic E-state index is 11.0. The molecule has 0 heterocycles. The number of allylic oxidation sites excluding steroid dienone is 3. The predicted octanol–water partition coefficient (Wildman–Crippen LogP) is 5.29. The minimum Gasteiger partial charge on any atom is -0.466 e. The Morgan fingerprint density at radius 1 is 1.20 bits per heavy atom. The summed E-state index contributed by atoms with van der Waals surface area (Å²) in [7, 11) is 1.40. The smallest absolute Gasteiger partial charge is 0.330 e. The zero-order chi connectivity index (χ0) is 15.4. The van der Waals surface area contributed by atoms with Crippen LogP contribution in [0.4, 0.5) is 0 Å². The number of carbonyl (C=O) groups excluding carboxylic acids is 1. The molecule has 0 aromatic heterocycles. The average Bonchev–Trinajstić information content (AvgIpc) is 2.43. The van der Waals surface area contributed by atoms with Crippen LogP contribution in [0.5, 0.6) is 0 Å². The minimum absolute atomic E-state index is 0.287. The molecule has 0 aromatic rings. The van der Waals surface area contributed by atoms with Gasteiger partial charge in [-0.15, -0.1) is 0 Å². The van der Waals surface area contributed by atoms with E-state index in [2.05, 4.69) is 31.6 Å². The van der Waals surface area contributed by atoms with Gasteiger partial charge in [-0.2, -0.15) is 0 Å². The highest BCUT2D eigenvalue weighted by atomic mass is 16.5. The van der Waals surface area contributed by atoms with Gasteiger partial charge in [0.25, 0.3) is 0 Å². The molecule has 116 valence electrons. The molecule has 2 nitrogen and oxygen atoms in total. The van der Waals surface area contributed by atoms with E-state index in [1.54, 1.807) is 0 Å². The van der Waals surface area contributed by atoms with Gasteiger partial charge >= 0.3 is 5.97 Å². The van der Waals surface area contributed by atoms with Crippen LogP contribution in [0.15, 0.2) is 23.8 Å². The van der Waals surface area contributed by atoms with Crippen LogP contribution >= 0.6 is 0 Å². The molecule has 20 heavy (non-hydrogen) atoms. The van der Waals surface area contributed by atoms with Gasteiger partial charge in [-0.1, -0.05) is 65.0 Å². The topological polar surface area (TPSA) is 26.3 Å². The van der Waals surface area contributed by atoms with Gasteiger partial charge in [0.05, 0.1) is 7.11 Å². The number of esters is 1. The summed E-state index contributed by atoms with van der Waals surface area (Å²) in [6, 6.07) is 0. The number of hydrogen-bond donors (Lipinski definition) is 0. The lowest BCUT2D eigenvalue weighted by atomic mass is 9.93. The van der Waals surface area contributed by atoms with E-state index in [0.717, 1.165) is 17.9 Å². The van der Waals surface area contributed by atoms with E-state index < -0.39 is 0 Å². The van der Waals surface area contributed by atoms with Gasteiger partial charge in [-0.25, -0.2) is 4.79 Å². The van der Waals surface area contributed by atoms with E-state index in [9.17, 15) is 4.79 Å². The normalized spacial score (nSPS) is 14.0. The molecule has 0 aliphatic carbocycles. The number of methoxy groups -OCH3 is 1. The van der Waals surface area contributed by atoms with Crippen LogP contribution in [-0.2, 0) is 9.53 Å². The van der Waals surface area contributed by atoms with E-state index >= 15 is 0 Å². The number of ether oxygens (including phenoxy) is 1. The van der Waals surface area contributed by atoms with Crippen molar-refractivity contribution in [3.63, 3.8) is 0 Å². The lowest BCUT2D eigenvalue weighted by molar-refractivity contribution is -0.134. The molecule has 0 aliphatic heterocycles. The van der Waals surface area contributed by atoms with Crippen molar-refractivity contribution in [1.82, 2.24) is 0 Å². The van der Waals surface area contributed by atoms with Crippen molar-refractivity contribution in [3.05, 3.63) is 23.8 Å². The van der Waals surface area contributed by atoms with Gasteiger partial charge in [0, 0.05) is 6.08 Å². The highest BCUT2D eigenvalue weighted by Gasteiger charge is 2.05. The lowest BCUT2D eigenvalue weighted by Crippen LogP contribution is -1.99. The second kappa shape index (κ2) is 11.7. The Balaban J connectivity index is 3.90. The average molecular weight is 280 g/mol. The highest BCUT2D eigenvalue weighted by Crippen LogP contribution is 2.20. The van der Waals surface area contributed by atoms with E-state index in [0.29, 0.717) is 5.92 Å². The molecule has 0 bridgehead atoms. The molecule has 1 unspecified atom stereocenters. The van der Waals surface area contributed by atoms with E-state index in [1.807, 2.05) is 13.0 Å². The van der Waals surface area contributed by atoms with Gasteiger partial charge in [0.2, 0.25) is 0 Å². The molecule has 1 atom stereocenters. The first-order valence-corrected chi connectivity index (χ1v) is 7.96. The third-order valence-corrected chi connectivity index (χ3v) is 3.93. The zero-order valence-electron chi connectivity index (χ0n) is 13.9.